The highest BCUT2D eigenvalue weighted by molar-refractivity contribution is 6.12. The molecule has 0 N–H and O–H groups in total. The Hall–Kier alpha value is -7.90. The summed E-state index contributed by atoms with van der Waals surface area (Å²) < 4.78 is 259. The second-order valence-electron chi connectivity index (χ2n) is 17.2. The highest BCUT2D eigenvalue weighted by Crippen LogP contribution is 2.47. The van der Waals surface area contributed by atoms with Crippen molar-refractivity contribution < 1.29 is 79.0 Å². The Balaban J connectivity index is 1.17. The minimum atomic E-state index is -5.19. The molecule has 0 aliphatic carbocycles. The van der Waals surface area contributed by atoms with E-state index >= 15 is 26.3 Å². The van der Waals surface area contributed by atoms with Gasteiger partial charge in [-0.1, -0.05) is 60.7 Å². The predicted molar refractivity (Wildman–Crippen MR) is 241 cm³/mol. The monoisotopic (exact) mass is 1040 g/mol. The average molecular weight is 1040 g/mol. The summed E-state index contributed by atoms with van der Waals surface area (Å²) in [4.78, 5) is 0. The van der Waals surface area contributed by atoms with Gasteiger partial charge >= 0.3 is 37.1 Å². The smallest absolute Gasteiger partial charge is 0.309 e. The van der Waals surface area contributed by atoms with Crippen molar-refractivity contribution in [3.05, 3.63) is 191 Å². The fraction of sp³-hybridized carbons (Fsp3) is 0.111. The van der Waals surface area contributed by atoms with Gasteiger partial charge in [0.05, 0.1) is 66.8 Å². The molecule has 8 aromatic carbocycles. The van der Waals surface area contributed by atoms with E-state index < -0.39 is 92.9 Å². The van der Waals surface area contributed by atoms with Crippen LogP contribution >= 0.6 is 0 Å². The molecule has 0 bridgehead atoms. The number of benzene rings is 8. The Bertz CT molecular complexity index is 3560. The average Bonchev–Trinajstić information content (AvgIpc) is 3.84. The maximum atomic E-state index is 15.1. The number of aromatic nitrogens is 2. The number of alkyl halides is 18. The number of nitrogens with zero attached hydrogens (tertiary/aromatic N) is 2. The number of para-hydroxylation sites is 2. The lowest BCUT2D eigenvalue weighted by molar-refractivity contribution is -0.144. The SMILES string of the molecule is FC(F)(F)c1cc(-c2ccc3c(c2)c2ccccc2n3-c2cc(-c3ccc(C(F)(F)F)c(-n4c5ccccc5c5cc(-c6cc(C(F)(F)F)cc(C(F)(F)F)c6)ccc54)c3)ccc2C(F)(F)F)cc(C(F)(F)F)c1. The van der Waals surface area contributed by atoms with Crippen LogP contribution in [0.4, 0.5) is 79.0 Å². The van der Waals surface area contributed by atoms with Crippen molar-refractivity contribution in [2.45, 2.75) is 37.1 Å². The first-order valence-corrected chi connectivity index (χ1v) is 21.6. The second kappa shape index (κ2) is 16.8. The maximum Gasteiger partial charge on any atom is 0.418 e. The van der Waals surface area contributed by atoms with Gasteiger partial charge in [-0.15, -0.1) is 0 Å². The van der Waals surface area contributed by atoms with Crippen LogP contribution in [0.15, 0.2) is 158 Å². The van der Waals surface area contributed by atoms with Crippen LogP contribution < -0.4 is 0 Å². The van der Waals surface area contributed by atoms with Crippen molar-refractivity contribution in [3.63, 3.8) is 0 Å². The van der Waals surface area contributed by atoms with Crippen LogP contribution in [-0.4, -0.2) is 9.13 Å². The van der Waals surface area contributed by atoms with E-state index in [0.717, 1.165) is 45.5 Å². The van der Waals surface area contributed by atoms with E-state index in [9.17, 15) is 52.7 Å². The molecular weight excluding hydrogens is 1020 g/mol. The molecule has 378 valence electrons. The summed E-state index contributed by atoms with van der Waals surface area (Å²) in [6.45, 7) is 0. The first kappa shape index (κ1) is 49.7. The molecule has 2 aromatic heterocycles. The highest BCUT2D eigenvalue weighted by atomic mass is 19.4. The molecule has 0 fully saturated rings. The zero-order chi connectivity index (χ0) is 53.2. The Morgan fingerprint density at radius 3 is 0.824 bits per heavy atom. The van der Waals surface area contributed by atoms with Crippen LogP contribution in [0.1, 0.15) is 33.4 Å². The zero-order valence-corrected chi connectivity index (χ0v) is 36.7. The van der Waals surface area contributed by atoms with Gasteiger partial charge in [-0.05, 0) is 130 Å². The van der Waals surface area contributed by atoms with Gasteiger partial charge in [0.2, 0.25) is 0 Å². The molecule has 0 atom stereocenters. The first-order chi connectivity index (χ1) is 34.5. The topological polar surface area (TPSA) is 9.86 Å². The third-order valence-corrected chi connectivity index (χ3v) is 12.6. The van der Waals surface area contributed by atoms with E-state index in [2.05, 4.69) is 0 Å². The second-order valence-corrected chi connectivity index (χ2v) is 17.2. The van der Waals surface area contributed by atoms with E-state index in [0.29, 0.717) is 36.4 Å². The lowest BCUT2D eigenvalue weighted by atomic mass is 9.97. The standard InChI is InChI=1S/C54H26F18N2/c55-49(56,57)33-17-31(18-34(25-33)50(58,59)60)27-11-15-45-39(21-27)37-5-1-3-7-43(37)73(45)47-23-29(9-13-41(47)53(67,68)69)30-10-14-42(54(70,71)72)48(24-30)74-44-8-4-2-6-38(44)40-22-28(12-16-46(40)74)32-19-35(51(61,62)63)26-36(20-32)52(64,65)66/h1-26H. The van der Waals surface area contributed by atoms with E-state index in [1.54, 1.807) is 0 Å². The molecule has 0 aliphatic heterocycles. The molecule has 2 nitrogen and oxygen atoms in total. The highest BCUT2D eigenvalue weighted by Gasteiger charge is 2.40. The van der Waals surface area contributed by atoms with Crippen molar-refractivity contribution in [2.24, 2.45) is 0 Å². The van der Waals surface area contributed by atoms with Crippen LogP contribution in [0, 0.1) is 0 Å². The summed E-state index contributed by atoms with van der Waals surface area (Å²) in [6, 6.07) is 26.3. The summed E-state index contributed by atoms with van der Waals surface area (Å²) in [5, 5.41) is 0.683. The fourth-order valence-corrected chi connectivity index (χ4v) is 9.34. The Morgan fingerprint density at radius 1 is 0.230 bits per heavy atom. The summed E-state index contributed by atoms with van der Waals surface area (Å²) >= 11 is 0. The van der Waals surface area contributed by atoms with Crippen molar-refractivity contribution in [1.82, 2.24) is 9.13 Å². The molecule has 0 aliphatic rings. The third-order valence-electron chi connectivity index (χ3n) is 12.6. The van der Waals surface area contributed by atoms with Gasteiger partial charge in [0, 0.05) is 21.5 Å². The molecule has 0 unspecified atom stereocenters. The van der Waals surface area contributed by atoms with Gasteiger partial charge in [0.1, 0.15) is 0 Å². The molecular formula is C54H26F18N2. The molecule has 10 aromatic rings. The zero-order valence-electron chi connectivity index (χ0n) is 36.7. The number of rotatable bonds is 5. The lowest BCUT2D eigenvalue weighted by Crippen LogP contribution is -2.12. The Labute approximate surface area is 403 Å². The molecule has 20 heteroatoms. The molecule has 10 rings (SSSR count). The van der Waals surface area contributed by atoms with Crippen LogP contribution in [0.2, 0.25) is 0 Å². The predicted octanol–water partition coefficient (Wildman–Crippen LogP) is 19.0. The first-order valence-electron chi connectivity index (χ1n) is 21.6. The van der Waals surface area contributed by atoms with E-state index in [1.165, 1.54) is 72.8 Å². The molecule has 2 heterocycles. The molecule has 0 saturated heterocycles. The molecule has 0 radical (unpaired) electrons. The Kier molecular flexibility index (Phi) is 11.3. The molecule has 0 saturated carbocycles. The largest absolute Gasteiger partial charge is 0.418 e. The van der Waals surface area contributed by atoms with Gasteiger partial charge in [-0.3, -0.25) is 0 Å². The number of halogens is 18. The number of hydrogen-bond donors (Lipinski definition) is 0. The summed E-state index contributed by atoms with van der Waals surface area (Å²) in [7, 11) is 0. The van der Waals surface area contributed by atoms with Crippen LogP contribution in [0.25, 0.3) is 88.4 Å². The van der Waals surface area contributed by atoms with Gasteiger partial charge < -0.3 is 9.13 Å². The molecule has 0 amide bonds. The maximum absolute atomic E-state index is 15.1. The van der Waals surface area contributed by atoms with Crippen LogP contribution in [0.5, 0.6) is 0 Å². The van der Waals surface area contributed by atoms with Crippen molar-refractivity contribution in [1.29, 1.82) is 0 Å². The Morgan fingerprint density at radius 2 is 0.514 bits per heavy atom. The number of hydrogen-bond acceptors (Lipinski definition) is 0. The van der Waals surface area contributed by atoms with Crippen molar-refractivity contribution in [3.8, 4) is 44.8 Å². The molecule has 0 spiro atoms. The van der Waals surface area contributed by atoms with Gasteiger partial charge in [0.25, 0.3) is 0 Å². The van der Waals surface area contributed by atoms with E-state index in [1.807, 2.05) is 0 Å². The third kappa shape index (κ3) is 8.82. The summed E-state index contributed by atoms with van der Waals surface area (Å²) in [5.41, 5.74) is -11.2. The normalized spacial score (nSPS) is 13.3. The number of fused-ring (bicyclic) bond motifs is 6. The van der Waals surface area contributed by atoms with Crippen LogP contribution in [0.3, 0.4) is 0 Å². The van der Waals surface area contributed by atoms with Gasteiger partial charge in [-0.25, -0.2) is 0 Å². The minimum Gasteiger partial charge on any atom is -0.309 e. The van der Waals surface area contributed by atoms with E-state index in [-0.39, 0.29) is 78.0 Å². The van der Waals surface area contributed by atoms with Crippen molar-refractivity contribution >= 4 is 43.6 Å². The van der Waals surface area contributed by atoms with Crippen LogP contribution in [-0.2, 0) is 37.1 Å². The molecule has 74 heavy (non-hydrogen) atoms. The van der Waals surface area contributed by atoms with Gasteiger partial charge in [-0.2, -0.15) is 79.0 Å². The quantitative estimate of drug-likeness (QED) is 0.152. The lowest BCUT2D eigenvalue weighted by Gasteiger charge is -2.20. The summed E-state index contributed by atoms with van der Waals surface area (Å²) in [5.74, 6) is 0. The van der Waals surface area contributed by atoms with E-state index in [4.69, 9.17) is 0 Å². The minimum absolute atomic E-state index is 0.0122. The summed E-state index contributed by atoms with van der Waals surface area (Å²) in [6.07, 6.45) is -30.9. The fourth-order valence-electron chi connectivity index (χ4n) is 9.34. The van der Waals surface area contributed by atoms with Crippen molar-refractivity contribution in [2.75, 3.05) is 0 Å². The van der Waals surface area contributed by atoms with Gasteiger partial charge in [0.15, 0.2) is 0 Å².